The molecule has 2 aromatic rings. The Balaban J connectivity index is 2.43. The van der Waals surface area contributed by atoms with Crippen LogP contribution in [0, 0.1) is 0 Å². The Morgan fingerprint density at radius 2 is 2.09 bits per heavy atom. The molecule has 1 heterocycles. The first-order chi connectivity index (χ1) is 11.1. The number of amides is 1. The van der Waals surface area contributed by atoms with Crippen molar-refractivity contribution in [3.8, 4) is 0 Å². The Labute approximate surface area is 140 Å². The van der Waals surface area contributed by atoms with Crippen LogP contribution in [0.5, 0.6) is 0 Å². The Kier molecular flexibility index (Phi) is 6.21. The van der Waals surface area contributed by atoms with E-state index in [2.05, 4.69) is 17.2 Å². The number of unbranched alkanes of at least 4 members (excludes halogenated alkanes) is 1. The van der Waals surface area contributed by atoms with Crippen LogP contribution in [0.1, 0.15) is 33.6 Å². The van der Waals surface area contributed by atoms with Gasteiger partial charge in [0.1, 0.15) is 0 Å². The quantitative estimate of drug-likeness (QED) is 0.625. The number of hydrogen-bond donors (Lipinski definition) is 1. The van der Waals surface area contributed by atoms with Crippen LogP contribution in [-0.2, 0) is 11.3 Å². The fourth-order valence-corrected chi connectivity index (χ4v) is 3.24. The van der Waals surface area contributed by atoms with E-state index in [1.165, 1.54) is 11.8 Å². The summed E-state index contributed by atoms with van der Waals surface area (Å²) in [4.78, 5) is 29.3. The average molecular weight is 333 g/mol. The minimum absolute atomic E-state index is 0.0327. The van der Waals surface area contributed by atoms with E-state index < -0.39 is 0 Å². The molecular formula is C17H23N3O2S. The van der Waals surface area contributed by atoms with E-state index in [-0.39, 0.29) is 16.7 Å². The molecule has 124 valence electrons. The Morgan fingerprint density at radius 3 is 2.78 bits per heavy atom. The van der Waals surface area contributed by atoms with Gasteiger partial charge in [-0.15, -0.1) is 0 Å². The third-order valence-corrected chi connectivity index (χ3v) is 4.65. The van der Waals surface area contributed by atoms with E-state index in [0.717, 1.165) is 12.8 Å². The second kappa shape index (κ2) is 8.15. The minimum Gasteiger partial charge on any atom is -0.355 e. The summed E-state index contributed by atoms with van der Waals surface area (Å²) in [5.41, 5.74) is 0.644. The second-order valence-electron chi connectivity index (χ2n) is 5.38. The SMILES string of the molecule is CCCCn1c(S[C@@H](C)C(=O)NCC)nc2ccccc2c1=O. The standard InChI is InChI=1S/C17H23N3O2S/c1-4-6-11-20-16(22)13-9-7-8-10-14(13)19-17(20)23-12(3)15(21)18-5-2/h7-10,12H,4-6,11H2,1-3H3,(H,18,21)/t12-/m0/s1. The molecule has 1 atom stereocenters. The number of thioether (sulfide) groups is 1. The summed E-state index contributed by atoms with van der Waals surface area (Å²) in [6, 6.07) is 7.35. The van der Waals surface area contributed by atoms with Gasteiger partial charge in [0.05, 0.1) is 16.2 Å². The van der Waals surface area contributed by atoms with Gasteiger partial charge in [-0.1, -0.05) is 37.2 Å². The lowest BCUT2D eigenvalue weighted by atomic mass is 10.2. The van der Waals surface area contributed by atoms with E-state index in [1.54, 1.807) is 10.6 Å². The van der Waals surface area contributed by atoms with Crippen LogP contribution in [0.4, 0.5) is 0 Å². The molecule has 0 fully saturated rings. The molecule has 0 aliphatic heterocycles. The molecule has 0 saturated carbocycles. The van der Waals surface area contributed by atoms with Gasteiger partial charge in [-0.2, -0.15) is 0 Å². The summed E-state index contributed by atoms with van der Waals surface area (Å²) in [5, 5.41) is 3.75. The highest BCUT2D eigenvalue weighted by molar-refractivity contribution is 8.00. The van der Waals surface area contributed by atoms with Crippen LogP contribution >= 0.6 is 11.8 Å². The Morgan fingerprint density at radius 1 is 1.35 bits per heavy atom. The number of nitrogens with zero attached hydrogens (tertiary/aromatic N) is 2. The van der Waals surface area contributed by atoms with Gasteiger partial charge in [0, 0.05) is 13.1 Å². The lowest BCUT2D eigenvalue weighted by Gasteiger charge is -2.15. The maximum Gasteiger partial charge on any atom is 0.262 e. The third-order valence-electron chi connectivity index (χ3n) is 3.56. The van der Waals surface area contributed by atoms with E-state index in [9.17, 15) is 9.59 Å². The molecule has 0 saturated heterocycles. The number of hydrogen-bond acceptors (Lipinski definition) is 4. The highest BCUT2D eigenvalue weighted by atomic mass is 32.2. The molecule has 1 aromatic carbocycles. The summed E-state index contributed by atoms with van der Waals surface area (Å²) in [7, 11) is 0. The number of fused-ring (bicyclic) bond motifs is 1. The molecule has 5 nitrogen and oxygen atoms in total. The van der Waals surface area contributed by atoms with Crippen molar-refractivity contribution < 1.29 is 4.79 Å². The van der Waals surface area contributed by atoms with Gasteiger partial charge in [-0.25, -0.2) is 4.98 Å². The van der Waals surface area contributed by atoms with Crippen molar-refractivity contribution >= 4 is 28.6 Å². The van der Waals surface area contributed by atoms with Gasteiger partial charge in [0.25, 0.3) is 5.56 Å². The van der Waals surface area contributed by atoms with Crippen molar-refractivity contribution in [1.82, 2.24) is 14.9 Å². The van der Waals surface area contributed by atoms with E-state index in [4.69, 9.17) is 0 Å². The lowest BCUT2D eigenvalue weighted by molar-refractivity contribution is -0.120. The van der Waals surface area contributed by atoms with Crippen molar-refractivity contribution in [2.24, 2.45) is 0 Å². The smallest absolute Gasteiger partial charge is 0.262 e. The van der Waals surface area contributed by atoms with Crippen molar-refractivity contribution in [3.63, 3.8) is 0 Å². The normalized spacial score (nSPS) is 12.3. The first-order valence-electron chi connectivity index (χ1n) is 8.02. The molecule has 2 rings (SSSR count). The first kappa shape index (κ1) is 17.5. The summed E-state index contributed by atoms with van der Waals surface area (Å²) < 4.78 is 1.70. The van der Waals surface area contributed by atoms with Gasteiger partial charge >= 0.3 is 0 Å². The predicted molar refractivity (Wildman–Crippen MR) is 94.9 cm³/mol. The number of aromatic nitrogens is 2. The molecule has 23 heavy (non-hydrogen) atoms. The predicted octanol–water partition coefficient (Wildman–Crippen LogP) is 2.81. The van der Waals surface area contributed by atoms with Crippen molar-refractivity contribution in [3.05, 3.63) is 34.6 Å². The van der Waals surface area contributed by atoms with E-state index in [0.29, 0.717) is 29.1 Å². The largest absolute Gasteiger partial charge is 0.355 e. The van der Waals surface area contributed by atoms with Crippen LogP contribution in [0.25, 0.3) is 10.9 Å². The first-order valence-corrected chi connectivity index (χ1v) is 8.90. The van der Waals surface area contributed by atoms with Crippen LogP contribution < -0.4 is 10.9 Å². The monoisotopic (exact) mass is 333 g/mol. The summed E-state index contributed by atoms with van der Waals surface area (Å²) in [6.07, 6.45) is 1.90. The third kappa shape index (κ3) is 4.13. The van der Waals surface area contributed by atoms with Crippen LogP contribution in [0.3, 0.4) is 0 Å². The maximum atomic E-state index is 12.7. The zero-order valence-corrected chi connectivity index (χ0v) is 14.7. The fourth-order valence-electron chi connectivity index (χ4n) is 2.28. The molecule has 0 radical (unpaired) electrons. The van der Waals surface area contributed by atoms with Gasteiger partial charge in [-0.3, -0.25) is 14.2 Å². The van der Waals surface area contributed by atoms with E-state index >= 15 is 0 Å². The van der Waals surface area contributed by atoms with Crippen molar-refractivity contribution in [2.75, 3.05) is 6.54 Å². The number of carbonyl (C=O) groups is 1. The van der Waals surface area contributed by atoms with Crippen LogP contribution in [-0.4, -0.2) is 27.3 Å². The number of nitrogens with one attached hydrogen (secondary N) is 1. The van der Waals surface area contributed by atoms with Gasteiger partial charge in [-0.05, 0) is 32.4 Å². The van der Waals surface area contributed by atoms with Crippen LogP contribution in [0.15, 0.2) is 34.2 Å². The zero-order chi connectivity index (χ0) is 16.8. The second-order valence-corrected chi connectivity index (χ2v) is 6.68. The van der Waals surface area contributed by atoms with Gasteiger partial charge in [0.2, 0.25) is 5.91 Å². The maximum absolute atomic E-state index is 12.7. The summed E-state index contributed by atoms with van der Waals surface area (Å²) in [6.45, 7) is 7.03. The zero-order valence-electron chi connectivity index (χ0n) is 13.8. The van der Waals surface area contributed by atoms with Crippen molar-refractivity contribution in [2.45, 2.75) is 50.6 Å². The number of carbonyl (C=O) groups excluding carboxylic acids is 1. The fraction of sp³-hybridized carbons (Fsp3) is 0.471. The molecule has 6 heteroatoms. The molecule has 0 aliphatic rings. The van der Waals surface area contributed by atoms with Crippen LogP contribution in [0.2, 0.25) is 0 Å². The number of rotatable bonds is 7. The summed E-state index contributed by atoms with van der Waals surface area (Å²) >= 11 is 1.34. The molecular weight excluding hydrogens is 310 g/mol. The Bertz CT molecular complexity index is 742. The van der Waals surface area contributed by atoms with Gasteiger partial charge in [0.15, 0.2) is 5.16 Å². The molecule has 0 bridgehead atoms. The summed E-state index contributed by atoms with van der Waals surface area (Å²) in [5.74, 6) is -0.0399. The molecule has 1 aromatic heterocycles. The Hall–Kier alpha value is -1.82. The number of para-hydroxylation sites is 1. The molecule has 0 unspecified atom stereocenters. The average Bonchev–Trinajstić information content (AvgIpc) is 2.55. The van der Waals surface area contributed by atoms with E-state index in [1.807, 2.05) is 32.0 Å². The van der Waals surface area contributed by atoms with Crippen molar-refractivity contribution in [1.29, 1.82) is 0 Å². The highest BCUT2D eigenvalue weighted by Crippen LogP contribution is 2.23. The molecule has 0 spiro atoms. The minimum atomic E-state index is -0.295. The molecule has 1 amide bonds. The van der Waals surface area contributed by atoms with Gasteiger partial charge < -0.3 is 5.32 Å². The lowest BCUT2D eigenvalue weighted by Crippen LogP contribution is -2.31. The highest BCUT2D eigenvalue weighted by Gasteiger charge is 2.18. The topological polar surface area (TPSA) is 64.0 Å². The molecule has 1 N–H and O–H groups in total. The number of benzene rings is 1. The molecule has 0 aliphatic carbocycles.